The Balaban J connectivity index is 0.00000169. The predicted octanol–water partition coefficient (Wildman–Crippen LogP) is -0.969. The summed E-state index contributed by atoms with van der Waals surface area (Å²) >= 11 is 1.53. The number of Topliss-reactive ketones (excluding diaryl/α,β-unsaturated/α-hetero) is 1. The second kappa shape index (κ2) is 5.82. The average molecular weight is 325 g/mol. The average Bonchev–Trinajstić information content (AvgIpc) is 2.50. The van der Waals surface area contributed by atoms with Crippen molar-refractivity contribution in [1.82, 2.24) is 0 Å². The molecule has 0 amide bonds. The number of carbonyl (C=O) groups is 1. The van der Waals surface area contributed by atoms with Gasteiger partial charge in [0, 0.05) is 0 Å². The van der Waals surface area contributed by atoms with Gasteiger partial charge in [0.1, 0.15) is 0 Å². The molecular formula is C10H16INOS. The fourth-order valence-electron chi connectivity index (χ4n) is 0.997. The summed E-state index contributed by atoms with van der Waals surface area (Å²) in [6, 6.07) is 3.81. The van der Waals surface area contributed by atoms with Gasteiger partial charge in [0.05, 0.1) is 39.0 Å². The molecular weight excluding hydrogens is 309 g/mol. The van der Waals surface area contributed by atoms with Crippen LogP contribution >= 0.6 is 11.3 Å². The zero-order valence-electron chi connectivity index (χ0n) is 8.79. The fraction of sp³-hybridized carbons (Fsp3) is 0.500. The zero-order valence-corrected chi connectivity index (χ0v) is 11.8. The van der Waals surface area contributed by atoms with Gasteiger partial charge in [0.25, 0.3) is 0 Å². The summed E-state index contributed by atoms with van der Waals surface area (Å²) < 4.78 is 0.844. The van der Waals surface area contributed by atoms with Crippen molar-refractivity contribution < 1.29 is 33.3 Å². The summed E-state index contributed by atoms with van der Waals surface area (Å²) in [6.07, 6.45) is 0.643. The van der Waals surface area contributed by atoms with Gasteiger partial charge in [-0.1, -0.05) is 6.07 Å². The Hall–Kier alpha value is 0.0600. The minimum Gasteiger partial charge on any atom is -1.00 e. The number of nitrogens with zero attached hydrogens (tertiary/aromatic N) is 1. The first-order valence-electron chi connectivity index (χ1n) is 4.36. The van der Waals surface area contributed by atoms with Crippen molar-refractivity contribution >= 4 is 17.1 Å². The molecule has 1 rings (SSSR count). The van der Waals surface area contributed by atoms with Crippen LogP contribution in [-0.4, -0.2) is 38.0 Å². The normalized spacial score (nSPS) is 10.8. The van der Waals surface area contributed by atoms with E-state index in [0.717, 1.165) is 15.9 Å². The van der Waals surface area contributed by atoms with Crippen LogP contribution in [0.15, 0.2) is 17.5 Å². The summed E-state index contributed by atoms with van der Waals surface area (Å²) in [5, 5.41) is 1.94. The maximum absolute atomic E-state index is 11.6. The van der Waals surface area contributed by atoms with Crippen molar-refractivity contribution in [2.75, 3.05) is 27.7 Å². The van der Waals surface area contributed by atoms with Crippen molar-refractivity contribution in [2.24, 2.45) is 0 Å². The smallest absolute Gasteiger partial charge is 0.178 e. The molecule has 2 nitrogen and oxygen atoms in total. The molecule has 0 N–H and O–H groups in total. The van der Waals surface area contributed by atoms with E-state index in [1.165, 1.54) is 11.3 Å². The number of quaternary nitrogens is 1. The van der Waals surface area contributed by atoms with Crippen LogP contribution in [0.5, 0.6) is 0 Å². The standard InChI is InChI=1S/C10H16NOS.HI/c1-11(2,3)7-6-9(12)10-5-4-8-13-10;/h4-5,8H,6-7H2,1-3H3;1H/q+1;/p-1. The summed E-state index contributed by atoms with van der Waals surface area (Å²) in [5.41, 5.74) is 0. The van der Waals surface area contributed by atoms with E-state index in [2.05, 4.69) is 21.1 Å². The number of carbonyl (C=O) groups excluding carboxylic acids is 1. The maximum atomic E-state index is 11.6. The van der Waals surface area contributed by atoms with Crippen molar-refractivity contribution in [2.45, 2.75) is 6.42 Å². The number of rotatable bonds is 4. The first-order chi connectivity index (χ1) is 5.99. The summed E-state index contributed by atoms with van der Waals surface area (Å²) in [5.74, 6) is 0.267. The molecule has 0 aromatic carbocycles. The minimum absolute atomic E-state index is 0. The molecule has 0 bridgehead atoms. The lowest BCUT2D eigenvalue weighted by molar-refractivity contribution is -0.869. The lowest BCUT2D eigenvalue weighted by Crippen LogP contribution is -3.00. The van der Waals surface area contributed by atoms with E-state index >= 15 is 0 Å². The van der Waals surface area contributed by atoms with Gasteiger partial charge in [0.2, 0.25) is 0 Å². The highest BCUT2D eigenvalue weighted by Gasteiger charge is 2.12. The number of hydrogen-bond donors (Lipinski definition) is 0. The van der Waals surface area contributed by atoms with Gasteiger partial charge in [-0.05, 0) is 11.4 Å². The van der Waals surface area contributed by atoms with Crippen molar-refractivity contribution in [3.05, 3.63) is 22.4 Å². The van der Waals surface area contributed by atoms with Crippen LogP contribution in [0.1, 0.15) is 16.1 Å². The van der Waals surface area contributed by atoms with E-state index in [9.17, 15) is 4.79 Å². The molecule has 1 aromatic rings. The Kier molecular flexibility index (Phi) is 5.85. The van der Waals surface area contributed by atoms with Gasteiger partial charge in [-0.2, -0.15) is 0 Å². The van der Waals surface area contributed by atoms with Crippen LogP contribution < -0.4 is 24.0 Å². The van der Waals surface area contributed by atoms with Crippen molar-refractivity contribution in [3.63, 3.8) is 0 Å². The fourth-order valence-corrected chi connectivity index (χ4v) is 1.69. The molecule has 1 heterocycles. The molecule has 0 aliphatic rings. The molecule has 1 aromatic heterocycles. The van der Waals surface area contributed by atoms with E-state index in [1.807, 2.05) is 17.5 Å². The Morgan fingerprint density at radius 2 is 2.07 bits per heavy atom. The van der Waals surface area contributed by atoms with Gasteiger partial charge in [-0.15, -0.1) is 11.3 Å². The number of thiophene rings is 1. The Morgan fingerprint density at radius 3 is 2.50 bits per heavy atom. The highest BCUT2D eigenvalue weighted by Crippen LogP contribution is 2.11. The highest BCUT2D eigenvalue weighted by atomic mass is 127. The lowest BCUT2D eigenvalue weighted by atomic mass is 10.2. The quantitative estimate of drug-likeness (QED) is 0.396. The van der Waals surface area contributed by atoms with Gasteiger partial charge in [-0.3, -0.25) is 4.79 Å². The molecule has 0 radical (unpaired) electrons. The third kappa shape index (κ3) is 5.07. The molecule has 0 saturated heterocycles. The maximum Gasteiger partial charge on any atom is 0.178 e. The molecule has 4 heteroatoms. The van der Waals surface area contributed by atoms with Crippen LogP contribution in [0.2, 0.25) is 0 Å². The largest absolute Gasteiger partial charge is 1.00 e. The number of halogens is 1. The van der Waals surface area contributed by atoms with Gasteiger partial charge in [-0.25, -0.2) is 0 Å². The zero-order chi connectivity index (χ0) is 9.90. The molecule has 0 aliphatic heterocycles. The minimum atomic E-state index is 0. The molecule has 0 atom stereocenters. The second-order valence-corrected chi connectivity index (χ2v) is 5.11. The van der Waals surface area contributed by atoms with Crippen molar-refractivity contribution in [3.8, 4) is 0 Å². The SMILES string of the molecule is C[N+](C)(C)CCC(=O)c1cccs1.[I-]. The van der Waals surface area contributed by atoms with Crippen LogP contribution in [0.25, 0.3) is 0 Å². The Bertz CT molecular complexity index is 277. The van der Waals surface area contributed by atoms with Crippen LogP contribution in [0.3, 0.4) is 0 Å². The molecule has 0 saturated carbocycles. The van der Waals surface area contributed by atoms with E-state index < -0.39 is 0 Å². The van der Waals surface area contributed by atoms with Gasteiger partial charge in [0.15, 0.2) is 5.78 Å². The Morgan fingerprint density at radius 1 is 1.43 bits per heavy atom. The third-order valence-corrected chi connectivity index (χ3v) is 2.72. The third-order valence-electron chi connectivity index (χ3n) is 1.81. The molecule has 0 aliphatic carbocycles. The molecule has 80 valence electrons. The van der Waals surface area contributed by atoms with Crippen LogP contribution in [-0.2, 0) is 0 Å². The lowest BCUT2D eigenvalue weighted by Gasteiger charge is -2.23. The summed E-state index contributed by atoms with van der Waals surface area (Å²) in [7, 11) is 6.30. The van der Waals surface area contributed by atoms with Gasteiger partial charge < -0.3 is 28.5 Å². The molecule has 0 spiro atoms. The molecule has 0 unspecified atom stereocenters. The number of ketones is 1. The van der Waals surface area contributed by atoms with E-state index in [4.69, 9.17) is 0 Å². The Labute approximate surface area is 107 Å². The van der Waals surface area contributed by atoms with Crippen molar-refractivity contribution in [1.29, 1.82) is 0 Å². The van der Waals surface area contributed by atoms with Crippen LogP contribution in [0, 0.1) is 0 Å². The summed E-state index contributed by atoms with van der Waals surface area (Å²) in [4.78, 5) is 12.4. The summed E-state index contributed by atoms with van der Waals surface area (Å²) in [6.45, 7) is 0.900. The van der Waals surface area contributed by atoms with E-state index in [1.54, 1.807) is 0 Å². The van der Waals surface area contributed by atoms with Gasteiger partial charge >= 0.3 is 0 Å². The first-order valence-corrected chi connectivity index (χ1v) is 5.24. The molecule has 0 fully saturated rings. The van der Waals surface area contributed by atoms with Crippen LogP contribution in [0.4, 0.5) is 0 Å². The van der Waals surface area contributed by atoms with E-state index in [0.29, 0.717) is 6.42 Å². The first kappa shape index (κ1) is 14.1. The van der Waals surface area contributed by atoms with E-state index in [-0.39, 0.29) is 29.8 Å². The topological polar surface area (TPSA) is 17.1 Å². The number of hydrogen-bond acceptors (Lipinski definition) is 2. The predicted molar refractivity (Wildman–Crippen MR) is 56.2 cm³/mol. The highest BCUT2D eigenvalue weighted by molar-refractivity contribution is 7.12. The second-order valence-electron chi connectivity index (χ2n) is 4.16. The monoisotopic (exact) mass is 325 g/mol. The molecule has 14 heavy (non-hydrogen) atoms.